The fourth-order valence-electron chi connectivity index (χ4n) is 2.61. The average molecular weight is 418 g/mol. The number of hydrogen-bond acceptors (Lipinski definition) is 7. The minimum atomic E-state index is -0.491. The van der Waals surface area contributed by atoms with Gasteiger partial charge in [-0.15, -0.1) is 21.5 Å². The lowest BCUT2D eigenvalue weighted by molar-refractivity contribution is -0.387. The van der Waals surface area contributed by atoms with Gasteiger partial charge in [-0.25, -0.2) is 0 Å². The van der Waals surface area contributed by atoms with Crippen LogP contribution in [-0.4, -0.2) is 25.6 Å². The molecule has 8 nitrogen and oxygen atoms in total. The van der Waals surface area contributed by atoms with Crippen molar-refractivity contribution in [3.8, 4) is 0 Å². The third kappa shape index (κ3) is 4.39. The maximum absolute atomic E-state index is 12.7. The first-order valence-corrected chi connectivity index (χ1v) is 10.2. The minimum Gasteiger partial charge on any atom is -0.344 e. The zero-order valence-electron chi connectivity index (χ0n) is 15.5. The van der Waals surface area contributed by atoms with Gasteiger partial charge in [-0.1, -0.05) is 19.9 Å². The molecule has 1 atom stereocenters. The second-order valence-electron chi connectivity index (χ2n) is 6.48. The van der Waals surface area contributed by atoms with E-state index in [1.807, 2.05) is 31.4 Å². The minimum absolute atomic E-state index is 0.141. The van der Waals surface area contributed by atoms with Crippen LogP contribution < -0.4 is 5.32 Å². The number of aryl methyl sites for hydroxylation is 1. The predicted octanol–water partition coefficient (Wildman–Crippen LogP) is 4.06. The van der Waals surface area contributed by atoms with E-state index in [4.69, 9.17) is 0 Å². The molecule has 1 amide bonds. The van der Waals surface area contributed by atoms with Crippen molar-refractivity contribution in [2.24, 2.45) is 13.0 Å². The Morgan fingerprint density at radius 2 is 2.14 bits per heavy atom. The Hall–Kier alpha value is -2.72. The molecule has 0 fully saturated rings. The number of aromatic nitrogens is 3. The van der Waals surface area contributed by atoms with Crippen molar-refractivity contribution in [1.82, 2.24) is 20.1 Å². The summed E-state index contributed by atoms with van der Waals surface area (Å²) in [6.07, 6.45) is 1.52. The molecule has 146 valence electrons. The number of hydrogen-bond donors (Lipinski definition) is 1. The highest BCUT2D eigenvalue weighted by atomic mass is 32.2. The normalized spacial score (nSPS) is 12.1. The van der Waals surface area contributed by atoms with E-state index in [-0.39, 0.29) is 29.1 Å². The van der Waals surface area contributed by atoms with Gasteiger partial charge in [0.2, 0.25) is 0 Å². The summed E-state index contributed by atoms with van der Waals surface area (Å²) in [7, 11) is 1.76. The summed E-state index contributed by atoms with van der Waals surface area (Å²) in [5.41, 5.74) is 0.106. The van der Waals surface area contributed by atoms with E-state index in [2.05, 4.69) is 15.5 Å². The number of nitro groups is 1. The average Bonchev–Trinajstić information content (AvgIpc) is 3.31. The van der Waals surface area contributed by atoms with Gasteiger partial charge in [0, 0.05) is 23.6 Å². The topological polar surface area (TPSA) is 103 Å². The van der Waals surface area contributed by atoms with E-state index < -0.39 is 4.92 Å². The largest absolute Gasteiger partial charge is 0.344 e. The highest BCUT2D eigenvalue weighted by Crippen LogP contribution is 2.34. The Balaban J connectivity index is 1.85. The van der Waals surface area contributed by atoms with Crippen LogP contribution >= 0.6 is 23.1 Å². The Morgan fingerprint density at radius 3 is 2.71 bits per heavy atom. The zero-order valence-corrected chi connectivity index (χ0v) is 17.2. The van der Waals surface area contributed by atoms with E-state index in [9.17, 15) is 14.9 Å². The summed E-state index contributed by atoms with van der Waals surface area (Å²) in [5.74, 6) is -0.159. The third-order valence-electron chi connectivity index (χ3n) is 4.09. The highest BCUT2D eigenvalue weighted by Gasteiger charge is 2.23. The van der Waals surface area contributed by atoms with E-state index >= 15 is 0 Å². The molecule has 2 heterocycles. The molecule has 1 N–H and O–H groups in total. The first-order valence-electron chi connectivity index (χ1n) is 8.51. The second-order valence-corrected chi connectivity index (χ2v) is 8.47. The summed E-state index contributed by atoms with van der Waals surface area (Å²) in [4.78, 5) is 25.3. The molecule has 0 saturated heterocycles. The van der Waals surface area contributed by atoms with Crippen LogP contribution in [0.4, 0.5) is 5.69 Å². The van der Waals surface area contributed by atoms with Gasteiger partial charge in [-0.3, -0.25) is 14.9 Å². The Morgan fingerprint density at radius 1 is 1.36 bits per heavy atom. The van der Waals surface area contributed by atoms with Crippen LogP contribution in [0.25, 0.3) is 0 Å². The lowest BCUT2D eigenvalue weighted by atomic mass is 10.0. The van der Waals surface area contributed by atoms with Crippen LogP contribution in [0.5, 0.6) is 0 Å². The molecule has 2 aromatic heterocycles. The van der Waals surface area contributed by atoms with E-state index in [0.717, 1.165) is 16.6 Å². The molecule has 10 heteroatoms. The van der Waals surface area contributed by atoms with Crippen molar-refractivity contribution in [2.45, 2.75) is 29.9 Å². The molecule has 0 aliphatic heterocycles. The molecule has 1 aromatic carbocycles. The molecule has 0 saturated carbocycles. The smallest absolute Gasteiger partial charge is 0.284 e. The first-order chi connectivity index (χ1) is 13.4. The van der Waals surface area contributed by atoms with Crippen LogP contribution in [0.1, 0.15) is 35.1 Å². The van der Waals surface area contributed by atoms with Crippen molar-refractivity contribution in [1.29, 1.82) is 0 Å². The fourth-order valence-corrected chi connectivity index (χ4v) is 4.41. The van der Waals surface area contributed by atoms with Gasteiger partial charge < -0.3 is 9.88 Å². The van der Waals surface area contributed by atoms with Crippen molar-refractivity contribution in [3.63, 3.8) is 0 Å². The third-order valence-corrected chi connectivity index (χ3v) is 6.16. The monoisotopic (exact) mass is 417 g/mol. The van der Waals surface area contributed by atoms with Crippen LogP contribution in [0.3, 0.4) is 0 Å². The quantitative estimate of drug-likeness (QED) is 0.459. The number of carbonyl (C=O) groups excluding carboxylic acids is 1. The van der Waals surface area contributed by atoms with E-state index in [1.54, 1.807) is 35.1 Å². The number of benzene rings is 1. The summed E-state index contributed by atoms with van der Waals surface area (Å²) in [5, 5.41) is 24.7. The lowest BCUT2D eigenvalue weighted by Crippen LogP contribution is -2.31. The van der Waals surface area contributed by atoms with Gasteiger partial charge >= 0.3 is 0 Å². The molecule has 0 aliphatic rings. The van der Waals surface area contributed by atoms with Gasteiger partial charge in [0.25, 0.3) is 11.6 Å². The molecular formula is C18H19N5O3S2. The maximum Gasteiger partial charge on any atom is 0.284 e. The maximum atomic E-state index is 12.7. The summed E-state index contributed by atoms with van der Waals surface area (Å²) >= 11 is 2.70. The summed E-state index contributed by atoms with van der Waals surface area (Å²) in [6, 6.07) is 8.22. The number of amides is 1. The molecule has 0 unspecified atom stereocenters. The standard InChI is InChI=1S/C18H19N5O3S2/c1-11(2)16(15-5-4-8-27-15)20-17(24)12-6-7-14(13(9-12)23(25)26)28-18-21-19-10-22(18)3/h4-11,16H,1-3H3,(H,20,24)/t16-/m0/s1. The molecule has 0 bridgehead atoms. The first kappa shape index (κ1) is 20.0. The lowest BCUT2D eigenvalue weighted by Gasteiger charge is -2.21. The number of thiophene rings is 1. The van der Waals surface area contributed by atoms with E-state index in [1.165, 1.54) is 12.4 Å². The molecule has 0 aliphatic carbocycles. The SMILES string of the molecule is CC(C)[C@H](NC(=O)c1ccc(Sc2nncn2C)c([N+](=O)[O-])c1)c1cccs1. The molecule has 3 rings (SSSR count). The van der Waals surface area contributed by atoms with Crippen molar-refractivity contribution >= 4 is 34.7 Å². The molecule has 3 aromatic rings. The number of carbonyl (C=O) groups is 1. The molecular weight excluding hydrogens is 398 g/mol. The molecule has 0 radical (unpaired) electrons. The van der Waals surface area contributed by atoms with Crippen molar-refractivity contribution in [2.75, 3.05) is 0 Å². The van der Waals surface area contributed by atoms with E-state index in [0.29, 0.717) is 10.1 Å². The Labute approximate surface area is 170 Å². The van der Waals surface area contributed by atoms with Crippen molar-refractivity contribution < 1.29 is 9.72 Å². The fraction of sp³-hybridized carbons (Fsp3) is 0.278. The van der Waals surface area contributed by atoms with Crippen LogP contribution in [0, 0.1) is 16.0 Å². The Bertz CT molecular complexity index is 985. The molecule has 28 heavy (non-hydrogen) atoms. The van der Waals surface area contributed by atoms with Gasteiger partial charge in [-0.05, 0) is 41.3 Å². The second kappa shape index (κ2) is 8.53. The van der Waals surface area contributed by atoms with Crippen LogP contribution in [0.15, 0.2) is 52.1 Å². The van der Waals surface area contributed by atoms with Gasteiger partial charge in [-0.2, -0.15) is 0 Å². The number of nitro benzene ring substituents is 1. The summed E-state index contributed by atoms with van der Waals surface area (Å²) in [6.45, 7) is 4.04. The van der Waals surface area contributed by atoms with Crippen LogP contribution in [-0.2, 0) is 7.05 Å². The predicted molar refractivity (Wildman–Crippen MR) is 108 cm³/mol. The zero-order chi connectivity index (χ0) is 20.3. The highest BCUT2D eigenvalue weighted by molar-refractivity contribution is 7.99. The number of nitrogens with one attached hydrogen (secondary N) is 1. The Kier molecular flexibility index (Phi) is 6.10. The van der Waals surface area contributed by atoms with Gasteiger partial charge in [0.1, 0.15) is 6.33 Å². The van der Waals surface area contributed by atoms with Gasteiger partial charge in [0.05, 0.1) is 15.9 Å². The molecule has 0 spiro atoms. The summed E-state index contributed by atoms with van der Waals surface area (Å²) < 4.78 is 1.67. The van der Waals surface area contributed by atoms with Crippen molar-refractivity contribution in [3.05, 3.63) is 62.6 Å². The van der Waals surface area contributed by atoms with Gasteiger partial charge in [0.15, 0.2) is 5.16 Å². The number of rotatable bonds is 7. The van der Waals surface area contributed by atoms with Crippen LogP contribution in [0.2, 0.25) is 0 Å². The number of nitrogens with zero attached hydrogens (tertiary/aromatic N) is 4.